The standard InChI is InChI=1S/C13H8N2O3/c16-13(17)9-3-5-15-10-6-11(18-12(9)10)8-2-1-4-14-7-8/h1-7H,(H,16,17). The molecule has 5 nitrogen and oxygen atoms in total. The van der Waals surface area contributed by atoms with Gasteiger partial charge in [0.25, 0.3) is 0 Å². The van der Waals surface area contributed by atoms with Crippen molar-refractivity contribution in [1.82, 2.24) is 9.97 Å². The van der Waals surface area contributed by atoms with Gasteiger partial charge in [0.2, 0.25) is 0 Å². The molecule has 5 heteroatoms. The summed E-state index contributed by atoms with van der Waals surface area (Å²) in [6.45, 7) is 0. The van der Waals surface area contributed by atoms with Crippen molar-refractivity contribution in [2.24, 2.45) is 0 Å². The highest BCUT2D eigenvalue weighted by Crippen LogP contribution is 2.27. The normalized spacial score (nSPS) is 10.7. The highest BCUT2D eigenvalue weighted by atomic mass is 16.4. The van der Waals surface area contributed by atoms with Crippen LogP contribution in [-0.4, -0.2) is 21.0 Å². The Bertz CT molecular complexity index is 719. The van der Waals surface area contributed by atoms with Crippen LogP contribution in [0, 0.1) is 0 Å². The number of aromatic carboxylic acids is 1. The number of rotatable bonds is 2. The highest BCUT2D eigenvalue weighted by Gasteiger charge is 2.14. The molecule has 0 aliphatic heterocycles. The number of furan rings is 1. The van der Waals surface area contributed by atoms with Crippen molar-refractivity contribution in [1.29, 1.82) is 0 Å². The Morgan fingerprint density at radius 3 is 2.89 bits per heavy atom. The maximum atomic E-state index is 11.1. The Balaban J connectivity index is 2.23. The number of carboxylic acids is 1. The predicted octanol–water partition coefficient (Wildman–Crippen LogP) is 2.59. The first-order chi connectivity index (χ1) is 8.75. The lowest BCUT2D eigenvalue weighted by molar-refractivity contribution is 0.0698. The van der Waals surface area contributed by atoms with Gasteiger partial charge in [-0.1, -0.05) is 0 Å². The van der Waals surface area contributed by atoms with Crippen molar-refractivity contribution >= 4 is 17.1 Å². The molecule has 3 rings (SSSR count). The van der Waals surface area contributed by atoms with E-state index in [0.29, 0.717) is 11.3 Å². The molecule has 0 aliphatic carbocycles. The molecule has 1 N–H and O–H groups in total. The van der Waals surface area contributed by atoms with Gasteiger partial charge in [-0.2, -0.15) is 0 Å². The molecule has 3 aromatic rings. The fourth-order valence-electron chi connectivity index (χ4n) is 1.76. The summed E-state index contributed by atoms with van der Waals surface area (Å²) in [5.41, 5.74) is 1.69. The Morgan fingerprint density at radius 1 is 1.28 bits per heavy atom. The molecule has 0 radical (unpaired) electrons. The SMILES string of the molecule is O=C(O)c1ccnc2cc(-c3cccnc3)oc12. The minimum Gasteiger partial charge on any atom is -0.478 e. The summed E-state index contributed by atoms with van der Waals surface area (Å²) in [6.07, 6.45) is 4.76. The number of pyridine rings is 2. The van der Waals surface area contributed by atoms with Gasteiger partial charge in [0.15, 0.2) is 5.58 Å². The van der Waals surface area contributed by atoms with Crippen molar-refractivity contribution in [3.8, 4) is 11.3 Å². The molecule has 0 aliphatic rings. The van der Waals surface area contributed by atoms with Crippen LogP contribution in [0.4, 0.5) is 0 Å². The number of hydrogen-bond donors (Lipinski definition) is 1. The van der Waals surface area contributed by atoms with Crippen LogP contribution in [0.1, 0.15) is 10.4 Å². The second-order valence-corrected chi connectivity index (χ2v) is 3.73. The number of nitrogens with zero attached hydrogens (tertiary/aromatic N) is 2. The lowest BCUT2D eigenvalue weighted by atomic mass is 10.2. The molecule has 0 saturated carbocycles. The topological polar surface area (TPSA) is 76.2 Å². The largest absolute Gasteiger partial charge is 0.478 e. The molecule has 0 amide bonds. The summed E-state index contributed by atoms with van der Waals surface area (Å²) in [5.74, 6) is -0.478. The third-order valence-electron chi connectivity index (χ3n) is 2.59. The molecule has 0 atom stereocenters. The molecule has 0 aromatic carbocycles. The van der Waals surface area contributed by atoms with Crippen LogP contribution in [0.25, 0.3) is 22.4 Å². The van der Waals surface area contributed by atoms with Gasteiger partial charge in [0.05, 0.1) is 0 Å². The highest BCUT2D eigenvalue weighted by molar-refractivity contribution is 6.00. The Hall–Kier alpha value is -2.69. The first-order valence-corrected chi connectivity index (χ1v) is 5.28. The smallest absolute Gasteiger partial charge is 0.339 e. The van der Waals surface area contributed by atoms with E-state index in [2.05, 4.69) is 9.97 Å². The van der Waals surface area contributed by atoms with E-state index in [-0.39, 0.29) is 11.1 Å². The Kier molecular flexibility index (Phi) is 2.30. The maximum Gasteiger partial charge on any atom is 0.339 e. The van der Waals surface area contributed by atoms with Crippen molar-refractivity contribution in [3.63, 3.8) is 0 Å². The van der Waals surface area contributed by atoms with Gasteiger partial charge >= 0.3 is 5.97 Å². The van der Waals surface area contributed by atoms with E-state index in [1.807, 2.05) is 6.07 Å². The zero-order valence-corrected chi connectivity index (χ0v) is 9.20. The number of fused-ring (bicyclic) bond motifs is 1. The number of carboxylic acid groups (broad SMARTS) is 1. The van der Waals surface area contributed by atoms with Crippen LogP contribution in [0.15, 0.2) is 47.3 Å². The second kappa shape index (κ2) is 3.96. The third kappa shape index (κ3) is 1.62. The van der Waals surface area contributed by atoms with E-state index >= 15 is 0 Å². The fraction of sp³-hybridized carbons (Fsp3) is 0. The van der Waals surface area contributed by atoms with Gasteiger partial charge in [-0.25, -0.2) is 4.79 Å². The van der Waals surface area contributed by atoms with Crippen LogP contribution < -0.4 is 0 Å². The maximum absolute atomic E-state index is 11.1. The molecule has 18 heavy (non-hydrogen) atoms. The fourth-order valence-corrected chi connectivity index (χ4v) is 1.76. The first-order valence-electron chi connectivity index (χ1n) is 5.28. The molecule has 0 spiro atoms. The van der Waals surface area contributed by atoms with E-state index in [1.165, 1.54) is 12.3 Å². The summed E-state index contributed by atoms with van der Waals surface area (Å²) in [4.78, 5) is 19.1. The first kappa shape index (κ1) is 10.5. The van der Waals surface area contributed by atoms with Gasteiger partial charge in [-0.15, -0.1) is 0 Å². The van der Waals surface area contributed by atoms with Gasteiger partial charge < -0.3 is 9.52 Å². The molecule has 3 aromatic heterocycles. The molecule has 0 bridgehead atoms. The minimum absolute atomic E-state index is 0.107. The predicted molar refractivity (Wildman–Crippen MR) is 64.2 cm³/mol. The average Bonchev–Trinajstić information content (AvgIpc) is 2.83. The van der Waals surface area contributed by atoms with Crippen LogP contribution in [0.5, 0.6) is 0 Å². The molecule has 3 heterocycles. The second-order valence-electron chi connectivity index (χ2n) is 3.73. The summed E-state index contributed by atoms with van der Waals surface area (Å²) in [5, 5.41) is 9.06. The zero-order valence-electron chi connectivity index (χ0n) is 9.20. The quantitative estimate of drug-likeness (QED) is 0.745. The van der Waals surface area contributed by atoms with E-state index in [4.69, 9.17) is 9.52 Å². The van der Waals surface area contributed by atoms with Gasteiger partial charge in [0.1, 0.15) is 16.8 Å². The average molecular weight is 240 g/mol. The zero-order chi connectivity index (χ0) is 12.5. The number of hydrogen-bond acceptors (Lipinski definition) is 4. The van der Waals surface area contributed by atoms with E-state index in [1.54, 1.807) is 24.5 Å². The van der Waals surface area contributed by atoms with Crippen LogP contribution in [0.3, 0.4) is 0 Å². The van der Waals surface area contributed by atoms with Crippen molar-refractivity contribution in [2.45, 2.75) is 0 Å². The van der Waals surface area contributed by atoms with Crippen LogP contribution >= 0.6 is 0 Å². The third-order valence-corrected chi connectivity index (χ3v) is 2.59. The van der Waals surface area contributed by atoms with E-state index in [9.17, 15) is 4.79 Å². The van der Waals surface area contributed by atoms with Gasteiger partial charge in [-0.3, -0.25) is 9.97 Å². The lowest BCUT2D eigenvalue weighted by Gasteiger charge is -1.95. The number of aromatic nitrogens is 2. The molecular formula is C13H8N2O3. The lowest BCUT2D eigenvalue weighted by Crippen LogP contribution is -1.96. The van der Waals surface area contributed by atoms with Crippen LogP contribution in [0.2, 0.25) is 0 Å². The Morgan fingerprint density at radius 2 is 2.17 bits per heavy atom. The van der Waals surface area contributed by atoms with Crippen molar-refractivity contribution in [3.05, 3.63) is 48.4 Å². The van der Waals surface area contributed by atoms with Gasteiger partial charge in [-0.05, 0) is 18.2 Å². The molecule has 0 saturated heterocycles. The Labute approximate surface area is 102 Å². The summed E-state index contributed by atoms with van der Waals surface area (Å²) in [6, 6.07) is 6.75. The molecule has 0 fully saturated rings. The summed E-state index contributed by atoms with van der Waals surface area (Å²) < 4.78 is 5.56. The van der Waals surface area contributed by atoms with Crippen LogP contribution in [-0.2, 0) is 0 Å². The van der Waals surface area contributed by atoms with Crippen molar-refractivity contribution < 1.29 is 14.3 Å². The van der Waals surface area contributed by atoms with E-state index in [0.717, 1.165) is 5.56 Å². The van der Waals surface area contributed by atoms with Gasteiger partial charge in [0, 0.05) is 30.2 Å². The summed E-state index contributed by atoms with van der Waals surface area (Å²) in [7, 11) is 0. The molecular weight excluding hydrogens is 232 g/mol. The molecule has 0 unspecified atom stereocenters. The molecule has 88 valence electrons. The monoisotopic (exact) mass is 240 g/mol. The van der Waals surface area contributed by atoms with Crippen molar-refractivity contribution in [2.75, 3.05) is 0 Å². The number of carbonyl (C=O) groups is 1. The summed E-state index contributed by atoms with van der Waals surface area (Å²) >= 11 is 0. The minimum atomic E-state index is -1.03. The van der Waals surface area contributed by atoms with E-state index < -0.39 is 5.97 Å².